The first kappa shape index (κ1) is 37.4. The van der Waals surface area contributed by atoms with Crippen LogP contribution in [-0.2, 0) is 0 Å². The van der Waals surface area contributed by atoms with Crippen LogP contribution in [0.2, 0.25) is 0 Å². The molecule has 0 saturated carbocycles. The highest BCUT2D eigenvalue weighted by molar-refractivity contribution is 7.23. The predicted molar refractivity (Wildman–Crippen MR) is 282 cm³/mol. The van der Waals surface area contributed by atoms with E-state index in [9.17, 15) is 0 Å². The molecule has 0 aliphatic carbocycles. The minimum absolute atomic E-state index is 0.00560. The minimum atomic E-state index is -3.10. The first-order chi connectivity index (χ1) is 34.2. The number of ether oxygens (including phenoxy) is 4. The van der Waals surface area contributed by atoms with Crippen LogP contribution in [0.25, 0.3) is 0 Å². The molecule has 6 nitrogen and oxygen atoms in total. The van der Waals surface area contributed by atoms with Crippen LogP contribution in [0.4, 0.5) is 34.1 Å². The third-order valence-electron chi connectivity index (χ3n) is 15.3. The van der Waals surface area contributed by atoms with E-state index in [4.69, 9.17) is 18.9 Å². The van der Waals surface area contributed by atoms with Crippen molar-refractivity contribution in [3.8, 4) is 46.0 Å². The van der Waals surface area contributed by atoms with Gasteiger partial charge in [-0.15, -0.1) is 0 Å². The van der Waals surface area contributed by atoms with Crippen LogP contribution in [-0.4, -0.2) is 21.5 Å². The van der Waals surface area contributed by atoms with Crippen LogP contribution in [0.3, 0.4) is 0 Å². The average Bonchev–Trinajstić information content (AvgIpc) is 3.40. The van der Waals surface area contributed by atoms with Crippen LogP contribution < -0.4 is 82.3 Å². The van der Waals surface area contributed by atoms with Crippen molar-refractivity contribution >= 4 is 109 Å². The monoisotopic (exact) mass is 898 g/mol. The Morgan fingerprint density at radius 1 is 0.275 bits per heavy atom. The van der Waals surface area contributed by atoms with E-state index in [0.717, 1.165) is 113 Å². The number of fused-ring (bicyclic) bond motifs is 16. The summed E-state index contributed by atoms with van der Waals surface area (Å²) in [7, 11) is -3.10. The lowest BCUT2D eigenvalue weighted by Crippen LogP contribution is -2.79. The lowest BCUT2D eigenvalue weighted by Gasteiger charge is -2.50. The third-order valence-corrected chi connectivity index (χ3v) is 20.2. The van der Waals surface area contributed by atoms with Gasteiger partial charge in [-0.25, -0.2) is 0 Å². The number of para-hydroxylation sites is 8. The first-order valence-corrected chi connectivity index (χ1v) is 25.6. The molecule has 320 valence electrons. The Morgan fingerprint density at radius 3 is 0.812 bits per heavy atom. The summed E-state index contributed by atoms with van der Waals surface area (Å²) in [5.74, 6) is 6.74. The number of anilines is 6. The summed E-state index contributed by atoms with van der Waals surface area (Å²) in [6.45, 7) is -0.0112. The second-order valence-corrected chi connectivity index (χ2v) is 22.3. The smallest absolute Gasteiger partial charge is 0.260 e. The Labute approximate surface area is 400 Å². The molecule has 0 radical (unpaired) electrons. The second-order valence-electron chi connectivity index (χ2n) is 18.6. The Morgan fingerprint density at radius 2 is 0.522 bits per heavy atom. The number of hydrogen-bond acceptors (Lipinski definition) is 6. The Kier molecular flexibility index (Phi) is 7.44. The van der Waals surface area contributed by atoms with Crippen molar-refractivity contribution in [1.82, 2.24) is 0 Å². The molecular weight excluding hydrogens is 862 g/mol. The van der Waals surface area contributed by atoms with Gasteiger partial charge in [-0.3, -0.25) is 0 Å². The van der Waals surface area contributed by atoms with Gasteiger partial charge in [0, 0.05) is 57.9 Å². The highest BCUT2D eigenvalue weighted by Crippen LogP contribution is 2.48. The fraction of sp³-hybridized carbons (Fsp3) is 0. The number of rotatable bonds is 2. The van der Waals surface area contributed by atoms with Gasteiger partial charge < -0.3 is 28.7 Å². The number of nitrogens with zero attached hydrogens (tertiary/aromatic N) is 2. The van der Waals surface area contributed by atoms with Crippen LogP contribution in [0.1, 0.15) is 0 Å². The molecule has 6 heterocycles. The zero-order valence-electron chi connectivity index (χ0n) is 37.0. The largest absolute Gasteiger partial charge is 0.458 e. The quantitative estimate of drug-likeness (QED) is 0.164. The first-order valence-electron chi connectivity index (χ1n) is 23.6. The van der Waals surface area contributed by atoms with Crippen molar-refractivity contribution in [1.29, 1.82) is 0 Å². The maximum absolute atomic E-state index is 6.88. The summed E-state index contributed by atoms with van der Waals surface area (Å²) in [6.07, 6.45) is 0. The Hall–Kier alpha value is -8.65. The van der Waals surface area contributed by atoms with Crippen LogP contribution >= 0.6 is 0 Å². The SMILES string of the molecule is c1ccc2c(c1)Oc1cc(N3c4ccccc4[Si]4(c5ccccc53)c3ccccc3N(c3cc5c6c(c3)Oc3ccccc3B6c3ccccc3O5)c3ccccc34)cc3c1B2c1ccccc1O3. The van der Waals surface area contributed by atoms with E-state index < -0.39 is 8.07 Å². The van der Waals surface area contributed by atoms with Crippen molar-refractivity contribution < 1.29 is 18.9 Å². The van der Waals surface area contributed by atoms with Crippen LogP contribution in [0.5, 0.6) is 46.0 Å². The molecule has 69 heavy (non-hydrogen) atoms. The van der Waals surface area contributed by atoms with Gasteiger partial charge in [0.05, 0.1) is 11.4 Å². The predicted octanol–water partition coefficient (Wildman–Crippen LogP) is 8.09. The average molecular weight is 899 g/mol. The third kappa shape index (κ3) is 4.91. The standard InChI is InChI=1S/C60H36B2N2O4Si/c1-9-25-47-39(17-1)61-40-18-2-10-26-48(40)66-52-34-37(33-51(65-47)59(52)61)63-43-21-5-13-29-55(43)69(56-30-14-6-22-44(56)63)57-31-15-7-23-45(57)64(46-24-8-16-32-58(46)69)38-35-53-60-54(36-38)68-50-28-12-4-20-42(50)62(60)41-19-3-11-27-49(41)67-53/h1-36H. The molecule has 10 aromatic carbocycles. The summed E-state index contributed by atoms with van der Waals surface area (Å²) in [5.41, 5.74) is 13.2. The Balaban J connectivity index is 0.904. The van der Waals surface area contributed by atoms with Gasteiger partial charge >= 0.3 is 0 Å². The highest BCUT2D eigenvalue weighted by Gasteiger charge is 2.54. The van der Waals surface area contributed by atoms with Gasteiger partial charge in [0.2, 0.25) is 0 Å². The van der Waals surface area contributed by atoms with E-state index in [1.807, 2.05) is 0 Å². The molecular formula is C60H36B2N2O4Si. The summed E-state index contributed by atoms with van der Waals surface area (Å²) in [6, 6.07) is 78.9. The maximum atomic E-state index is 6.88. The molecule has 0 fully saturated rings. The molecule has 0 saturated heterocycles. The molecule has 0 bridgehead atoms. The zero-order valence-corrected chi connectivity index (χ0v) is 38.0. The van der Waals surface area contributed by atoms with E-state index in [2.05, 4.69) is 228 Å². The summed E-state index contributed by atoms with van der Waals surface area (Å²) >= 11 is 0. The molecule has 0 atom stereocenters. The molecule has 16 rings (SSSR count). The normalized spacial score (nSPS) is 14.8. The zero-order chi connectivity index (χ0) is 45.0. The lowest BCUT2D eigenvalue weighted by atomic mass is 9.35. The molecule has 0 N–H and O–H groups in total. The molecule has 0 unspecified atom stereocenters. The van der Waals surface area contributed by atoms with E-state index in [1.165, 1.54) is 20.7 Å². The number of benzene rings is 10. The molecule has 6 aliphatic heterocycles. The van der Waals surface area contributed by atoms with Gasteiger partial charge in [0.25, 0.3) is 13.4 Å². The molecule has 0 amide bonds. The van der Waals surface area contributed by atoms with E-state index >= 15 is 0 Å². The van der Waals surface area contributed by atoms with Crippen molar-refractivity contribution in [3.05, 3.63) is 218 Å². The fourth-order valence-electron chi connectivity index (χ4n) is 12.6. The van der Waals surface area contributed by atoms with E-state index in [1.54, 1.807) is 0 Å². The van der Waals surface area contributed by atoms with Crippen molar-refractivity contribution in [2.75, 3.05) is 9.80 Å². The maximum Gasteiger partial charge on any atom is 0.260 e. The van der Waals surface area contributed by atoms with Crippen molar-refractivity contribution in [2.45, 2.75) is 0 Å². The summed E-state index contributed by atoms with van der Waals surface area (Å²) < 4.78 is 27.5. The van der Waals surface area contributed by atoms with Crippen LogP contribution in [0.15, 0.2) is 218 Å². The fourth-order valence-corrected chi connectivity index (χ4v) is 18.1. The minimum Gasteiger partial charge on any atom is -0.458 e. The van der Waals surface area contributed by atoms with Gasteiger partial charge in [-0.1, -0.05) is 146 Å². The van der Waals surface area contributed by atoms with Crippen LogP contribution in [0, 0.1) is 0 Å². The second kappa shape index (κ2) is 13.7. The van der Waals surface area contributed by atoms with E-state index in [-0.39, 0.29) is 13.4 Å². The molecule has 6 aliphatic rings. The highest BCUT2D eigenvalue weighted by atomic mass is 28.3. The molecule has 10 aromatic rings. The van der Waals surface area contributed by atoms with Crippen molar-refractivity contribution in [3.63, 3.8) is 0 Å². The van der Waals surface area contributed by atoms with Gasteiger partial charge in [0.15, 0.2) is 8.07 Å². The van der Waals surface area contributed by atoms with Gasteiger partial charge in [-0.2, -0.15) is 0 Å². The molecule has 9 heteroatoms. The lowest BCUT2D eigenvalue weighted by molar-refractivity contribution is 0.464. The van der Waals surface area contributed by atoms with Gasteiger partial charge in [0.1, 0.15) is 46.0 Å². The summed E-state index contributed by atoms with van der Waals surface area (Å²) in [5, 5.41) is 5.25. The number of hydrogen-bond donors (Lipinski definition) is 0. The Bertz CT molecular complexity index is 3400. The van der Waals surface area contributed by atoms with Gasteiger partial charge in [-0.05, 0) is 91.1 Å². The molecule has 0 aromatic heterocycles. The van der Waals surface area contributed by atoms with Crippen molar-refractivity contribution in [2.24, 2.45) is 0 Å². The topological polar surface area (TPSA) is 43.4 Å². The van der Waals surface area contributed by atoms with E-state index in [0.29, 0.717) is 0 Å². The summed E-state index contributed by atoms with van der Waals surface area (Å²) in [4.78, 5) is 4.88. The molecule has 1 spiro atoms.